The van der Waals surface area contributed by atoms with Crippen molar-refractivity contribution in [3.63, 3.8) is 0 Å². The Morgan fingerprint density at radius 1 is 0.222 bits per heavy atom. The van der Waals surface area contributed by atoms with Gasteiger partial charge in [0.15, 0.2) is 0 Å². The lowest BCUT2D eigenvalue weighted by molar-refractivity contribution is 1.18. The molecule has 10 aromatic carbocycles. The van der Waals surface area contributed by atoms with Gasteiger partial charge in [0.05, 0.1) is 22.1 Å². The number of para-hydroxylation sites is 2. The maximum Gasteiger partial charge on any atom is 0.0541 e. The lowest BCUT2D eigenvalue weighted by Gasteiger charge is -2.13. The molecular formula is C60H39BrN2. The monoisotopic (exact) mass is 866 g/mol. The molecule has 296 valence electrons. The van der Waals surface area contributed by atoms with E-state index in [1.165, 1.54) is 99.2 Å². The standard InChI is InChI=1S/C60H39BrN2/c61-50-29-25-42(26-30-50)47-33-48(45-27-31-59-55(38-45)53-21-7-9-23-57(53)62(59)51-19-11-17-43(36-51)40-13-3-1-4-14-40)35-49(34-47)46-28-32-60-56(39-46)54-22-8-10-24-58(54)63(60)52-20-12-18-44(37-52)41-15-5-2-6-16-41/h1-39H. The zero-order valence-electron chi connectivity index (χ0n) is 34.3. The number of fused-ring (bicyclic) bond motifs is 6. The van der Waals surface area contributed by atoms with E-state index in [4.69, 9.17) is 0 Å². The zero-order valence-corrected chi connectivity index (χ0v) is 35.9. The number of hydrogen-bond donors (Lipinski definition) is 0. The van der Waals surface area contributed by atoms with Crippen LogP contribution in [0.15, 0.2) is 241 Å². The largest absolute Gasteiger partial charge is 0.309 e. The number of rotatable bonds is 7. The van der Waals surface area contributed by atoms with Gasteiger partial charge < -0.3 is 9.13 Å². The first-order valence-electron chi connectivity index (χ1n) is 21.4. The van der Waals surface area contributed by atoms with Crippen molar-refractivity contribution in [2.75, 3.05) is 0 Å². The van der Waals surface area contributed by atoms with Gasteiger partial charge in [-0.15, -0.1) is 0 Å². The summed E-state index contributed by atoms with van der Waals surface area (Å²) >= 11 is 3.67. The van der Waals surface area contributed by atoms with Crippen molar-refractivity contribution in [1.82, 2.24) is 9.13 Å². The highest BCUT2D eigenvalue weighted by Gasteiger charge is 2.17. The fourth-order valence-electron chi connectivity index (χ4n) is 9.54. The molecule has 0 aliphatic carbocycles. The molecule has 3 heteroatoms. The van der Waals surface area contributed by atoms with E-state index >= 15 is 0 Å². The van der Waals surface area contributed by atoms with Gasteiger partial charge in [-0.2, -0.15) is 0 Å². The molecule has 0 aliphatic heterocycles. The van der Waals surface area contributed by atoms with Crippen LogP contribution in [0.3, 0.4) is 0 Å². The molecule has 0 spiro atoms. The average Bonchev–Trinajstić information content (AvgIpc) is 3.87. The highest BCUT2D eigenvalue weighted by Crippen LogP contribution is 2.41. The van der Waals surface area contributed by atoms with Crippen molar-refractivity contribution in [3.05, 3.63) is 241 Å². The topological polar surface area (TPSA) is 9.86 Å². The highest BCUT2D eigenvalue weighted by atomic mass is 79.9. The maximum atomic E-state index is 3.67. The van der Waals surface area contributed by atoms with E-state index in [9.17, 15) is 0 Å². The van der Waals surface area contributed by atoms with Gasteiger partial charge in [-0.05, 0) is 147 Å². The summed E-state index contributed by atoms with van der Waals surface area (Å²) in [4.78, 5) is 0. The molecule has 0 atom stereocenters. The number of aromatic nitrogens is 2. The molecule has 0 aliphatic rings. The van der Waals surface area contributed by atoms with Crippen LogP contribution in [0.4, 0.5) is 0 Å². The van der Waals surface area contributed by atoms with E-state index in [1.807, 2.05) is 0 Å². The van der Waals surface area contributed by atoms with Crippen molar-refractivity contribution in [1.29, 1.82) is 0 Å². The molecule has 0 N–H and O–H groups in total. The van der Waals surface area contributed by atoms with Crippen LogP contribution in [-0.2, 0) is 0 Å². The highest BCUT2D eigenvalue weighted by molar-refractivity contribution is 9.10. The predicted molar refractivity (Wildman–Crippen MR) is 270 cm³/mol. The lowest BCUT2D eigenvalue weighted by atomic mass is 9.92. The van der Waals surface area contributed by atoms with Gasteiger partial charge in [0.25, 0.3) is 0 Å². The number of halogens is 1. The molecule has 12 aromatic rings. The molecule has 2 nitrogen and oxygen atoms in total. The third kappa shape index (κ3) is 6.57. The van der Waals surface area contributed by atoms with Gasteiger partial charge >= 0.3 is 0 Å². The quantitative estimate of drug-likeness (QED) is 0.151. The Labute approximate surface area is 374 Å². The fourth-order valence-corrected chi connectivity index (χ4v) is 9.81. The molecular weight excluding hydrogens is 829 g/mol. The second-order valence-electron chi connectivity index (χ2n) is 16.3. The van der Waals surface area contributed by atoms with Crippen LogP contribution in [0.2, 0.25) is 0 Å². The first-order chi connectivity index (χ1) is 31.1. The van der Waals surface area contributed by atoms with E-state index < -0.39 is 0 Å². The molecule has 0 bridgehead atoms. The van der Waals surface area contributed by atoms with Gasteiger partial charge in [-0.1, -0.05) is 162 Å². The Kier molecular flexibility index (Phi) is 9.02. The van der Waals surface area contributed by atoms with Gasteiger partial charge in [0.1, 0.15) is 0 Å². The third-order valence-electron chi connectivity index (χ3n) is 12.5. The minimum absolute atomic E-state index is 1.06. The van der Waals surface area contributed by atoms with Crippen molar-refractivity contribution in [2.24, 2.45) is 0 Å². The van der Waals surface area contributed by atoms with Crippen molar-refractivity contribution < 1.29 is 0 Å². The Hall–Kier alpha value is -7.72. The molecule has 63 heavy (non-hydrogen) atoms. The number of nitrogens with zero attached hydrogens (tertiary/aromatic N) is 2. The smallest absolute Gasteiger partial charge is 0.0541 e. The van der Waals surface area contributed by atoms with Gasteiger partial charge in [-0.25, -0.2) is 0 Å². The molecule has 0 fully saturated rings. The van der Waals surface area contributed by atoms with Crippen LogP contribution in [0.1, 0.15) is 0 Å². The van der Waals surface area contributed by atoms with E-state index in [-0.39, 0.29) is 0 Å². The van der Waals surface area contributed by atoms with Gasteiger partial charge in [0, 0.05) is 37.4 Å². The van der Waals surface area contributed by atoms with E-state index in [0.717, 1.165) is 15.8 Å². The van der Waals surface area contributed by atoms with Gasteiger partial charge in [0.2, 0.25) is 0 Å². The molecule has 0 radical (unpaired) electrons. The molecule has 0 unspecified atom stereocenters. The molecule has 0 saturated carbocycles. The molecule has 12 rings (SSSR count). The molecule has 2 heterocycles. The molecule has 2 aromatic heterocycles. The summed E-state index contributed by atoms with van der Waals surface area (Å²) in [6.07, 6.45) is 0. The second-order valence-corrected chi connectivity index (χ2v) is 17.2. The average molecular weight is 868 g/mol. The summed E-state index contributed by atoms with van der Waals surface area (Å²) in [5, 5.41) is 4.93. The maximum absolute atomic E-state index is 3.67. The normalized spacial score (nSPS) is 11.6. The fraction of sp³-hybridized carbons (Fsp3) is 0. The SMILES string of the molecule is Brc1ccc(-c2cc(-c3ccc4c(c3)c3ccccc3n4-c3cccc(-c4ccccc4)c3)cc(-c3ccc4c(c3)c3ccccc3n4-c3cccc(-c4ccccc4)c3)c2)cc1. The number of benzene rings is 10. The van der Waals surface area contributed by atoms with Crippen LogP contribution >= 0.6 is 15.9 Å². The summed E-state index contributed by atoms with van der Waals surface area (Å²) < 4.78 is 5.89. The Morgan fingerprint density at radius 2 is 0.571 bits per heavy atom. The molecule has 0 amide bonds. The second kappa shape index (κ2) is 15.3. The van der Waals surface area contributed by atoms with Crippen LogP contribution in [-0.4, -0.2) is 9.13 Å². The summed E-state index contributed by atoms with van der Waals surface area (Å²) in [5.74, 6) is 0. The van der Waals surface area contributed by atoms with Crippen LogP contribution in [0.25, 0.3) is 111 Å². The predicted octanol–water partition coefficient (Wildman–Crippen LogP) is 17.0. The summed E-state index contributed by atoms with van der Waals surface area (Å²) in [5.41, 5.74) is 18.9. The Balaban J connectivity index is 1.01. The van der Waals surface area contributed by atoms with E-state index in [0.29, 0.717) is 0 Å². The zero-order chi connectivity index (χ0) is 41.9. The first-order valence-corrected chi connectivity index (χ1v) is 22.2. The van der Waals surface area contributed by atoms with Crippen LogP contribution in [0, 0.1) is 0 Å². The third-order valence-corrected chi connectivity index (χ3v) is 13.1. The van der Waals surface area contributed by atoms with Crippen molar-refractivity contribution >= 4 is 59.5 Å². The van der Waals surface area contributed by atoms with Crippen LogP contribution in [0.5, 0.6) is 0 Å². The number of hydrogen-bond acceptors (Lipinski definition) is 0. The van der Waals surface area contributed by atoms with Crippen LogP contribution < -0.4 is 0 Å². The minimum atomic E-state index is 1.06. The Bertz CT molecular complexity index is 3450. The minimum Gasteiger partial charge on any atom is -0.309 e. The molecule has 0 saturated heterocycles. The first kappa shape index (κ1) is 37.1. The van der Waals surface area contributed by atoms with E-state index in [1.54, 1.807) is 0 Å². The lowest BCUT2D eigenvalue weighted by Crippen LogP contribution is -1.94. The summed E-state index contributed by atoms with van der Waals surface area (Å²) in [7, 11) is 0. The van der Waals surface area contributed by atoms with Crippen molar-refractivity contribution in [2.45, 2.75) is 0 Å². The summed E-state index contributed by atoms with van der Waals surface area (Å²) in [6, 6.07) is 86.3. The van der Waals surface area contributed by atoms with Crippen molar-refractivity contribution in [3.8, 4) is 67.0 Å². The Morgan fingerprint density at radius 3 is 1.05 bits per heavy atom. The van der Waals surface area contributed by atoms with E-state index in [2.05, 4.69) is 262 Å². The van der Waals surface area contributed by atoms with Gasteiger partial charge in [-0.3, -0.25) is 0 Å². The summed E-state index contributed by atoms with van der Waals surface area (Å²) in [6.45, 7) is 0.